The molecule has 1 aromatic carbocycles. The minimum Gasteiger partial charge on any atom is -0.463 e. The highest BCUT2D eigenvalue weighted by Crippen LogP contribution is 2.15. The van der Waals surface area contributed by atoms with E-state index in [-0.39, 0.29) is 12.5 Å². The fourth-order valence-corrected chi connectivity index (χ4v) is 2.26. The van der Waals surface area contributed by atoms with Crippen LogP contribution in [0.3, 0.4) is 0 Å². The van der Waals surface area contributed by atoms with Crippen LogP contribution in [0.4, 0.5) is 0 Å². The first kappa shape index (κ1) is 14.1. The molecule has 1 N–H and O–H groups in total. The Morgan fingerprint density at radius 3 is 2.91 bits per heavy atom. The maximum absolute atomic E-state index is 12.1. The molecule has 0 aliphatic carbocycles. The van der Waals surface area contributed by atoms with E-state index in [2.05, 4.69) is 15.5 Å². The third kappa shape index (κ3) is 2.76. The number of nitrogens with zero attached hydrogens (tertiary/aromatic N) is 3. The Kier molecular flexibility index (Phi) is 3.74. The largest absolute Gasteiger partial charge is 0.463 e. The molecule has 22 heavy (non-hydrogen) atoms. The van der Waals surface area contributed by atoms with E-state index in [1.54, 1.807) is 25.3 Å². The van der Waals surface area contributed by atoms with Gasteiger partial charge in [0.2, 0.25) is 0 Å². The molecule has 0 saturated carbocycles. The first-order valence-corrected chi connectivity index (χ1v) is 6.94. The van der Waals surface area contributed by atoms with E-state index >= 15 is 0 Å². The summed E-state index contributed by atoms with van der Waals surface area (Å²) in [6.45, 7) is 3.82. The highest BCUT2D eigenvalue weighted by molar-refractivity contribution is 5.96. The number of rotatable bonds is 4. The number of furan rings is 1. The number of carbonyl (C=O) groups is 1. The Hall–Kier alpha value is -2.89. The lowest BCUT2D eigenvalue weighted by Gasteiger charge is -2.06. The molecule has 3 aromatic rings. The van der Waals surface area contributed by atoms with Crippen LogP contribution in [0.15, 0.2) is 52.2 Å². The number of hydrogen-bond donors (Lipinski definition) is 1. The number of hydrazone groups is 1. The molecule has 1 amide bonds. The number of nitrogens with one attached hydrogen (secondary N) is 1. The molecule has 2 aromatic heterocycles. The molecular weight excluding hydrogens is 280 g/mol. The monoisotopic (exact) mass is 296 g/mol. The van der Waals surface area contributed by atoms with Gasteiger partial charge >= 0.3 is 0 Å². The van der Waals surface area contributed by atoms with Crippen LogP contribution < -0.4 is 5.43 Å². The average molecular weight is 296 g/mol. The molecule has 0 spiro atoms. The van der Waals surface area contributed by atoms with Gasteiger partial charge in [0.1, 0.15) is 23.8 Å². The number of amides is 1. The van der Waals surface area contributed by atoms with Crippen molar-refractivity contribution in [1.29, 1.82) is 0 Å². The quantitative estimate of drug-likeness (QED) is 0.594. The van der Waals surface area contributed by atoms with Gasteiger partial charge in [-0.3, -0.25) is 4.79 Å². The Balaban J connectivity index is 1.74. The number of benzene rings is 1. The summed E-state index contributed by atoms with van der Waals surface area (Å²) in [4.78, 5) is 16.5. The number of aromatic nitrogens is 2. The average Bonchev–Trinajstić information content (AvgIpc) is 3.14. The van der Waals surface area contributed by atoms with Gasteiger partial charge in [0.05, 0.1) is 17.3 Å². The molecule has 0 bridgehead atoms. The van der Waals surface area contributed by atoms with Gasteiger partial charge in [-0.15, -0.1) is 0 Å². The van der Waals surface area contributed by atoms with Gasteiger partial charge in [0, 0.05) is 0 Å². The van der Waals surface area contributed by atoms with Crippen molar-refractivity contribution >= 4 is 22.7 Å². The summed E-state index contributed by atoms with van der Waals surface area (Å²) in [6.07, 6.45) is 1.57. The van der Waals surface area contributed by atoms with Gasteiger partial charge < -0.3 is 8.98 Å². The minimum absolute atomic E-state index is 0.168. The Bertz CT molecular complexity index is 831. The maximum atomic E-state index is 12.1. The van der Waals surface area contributed by atoms with Crippen molar-refractivity contribution in [3.63, 3.8) is 0 Å². The molecule has 112 valence electrons. The van der Waals surface area contributed by atoms with Gasteiger partial charge in [-0.2, -0.15) is 5.10 Å². The maximum Gasteiger partial charge on any atom is 0.260 e. The number of carbonyl (C=O) groups excluding carboxylic acids is 1. The number of para-hydroxylation sites is 2. The van der Waals surface area contributed by atoms with Crippen LogP contribution in [-0.2, 0) is 11.3 Å². The third-order valence-corrected chi connectivity index (χ3v) is 3.37. The van der Waals surface area contributed by atoms with Crippen molar-refractivity contribution in [2.24, 2.45) is 5.10 Å². The molecule has 0 atom stereocenters. The van der Waals surface area contributed by atoms with Crippen molar-refractivity contribution in [1.82, 2.24) is 15.0 Å². The van der Waals surface area contributed by atoms with Crippen LogP contribution in [0.1, 0.15) is 18.5 Å². The van der Waals surface area contributed by atoms with Gasteiger partial charge in [-0.1, -0.05) is 12.1 Å². The summed E-state index contributed by atoms with van der Waals surface area (Å²) in [5, 5.41) is 4.05. The third-order valence-electron chi connectivity index (χ3n) is 3.37. The Morgan fingerprint density at radius 1 is 1.32 bits per heavy atom. The first-order chi connectivity index (χ1) is 10.6. The molecule has 0 radical (unpaired) electrons. The fraction of sp³-hybridized carbons (Fsp3) is 0.188. The summed E-state index contributed by atoms with van der Waals surface area (Å²) in [7, 11) is 0. The zero-order valence-electron chi connectivity index (χ0n) is 12.4. The summed E-state index contributed by atoms with van der Waals surface area (Å²) in [5.74, 6) is 1.21. The van der Waals surface area contributed by atoms with Crippen molar-refractivity contribution in [3.05, 3.63) is 54.2 Å². The van der Waals surface area contributed by atoms with Crippen LogP contribution in [0, 0.1) is 6.92 Å². The number of fused-ring (bicyclic) bond motifs is 1. The number of aryl methyl sites for hydroxylation is 1. The minimum atomic E-state index is -0.211. The van der Waals surface area contributed by atoms with Gasteiger partial charge in [0.15, 0.2) is 0 Å². The van der Waals surface area contributed by atoms with E-state index in [0.717, 1.165) is 16.9 Å². The molecule has 6 nitrogen and oxygen atoms in total. The SMILES string of the molecule is C/C(=N/NC(=O)Cn1c(C)nc2ccccc21)c1ccco1. The Morgan fingerprint density at radius 2 is 2.14 bits per heavy atom. The zero-order valence-corrected chi connectivity index (χ0v) is 12.4. The number of hydrogen-bond acceptors (Lipinski definition) is 4. The van der Waals surface area contributed by atoms with E-state index in [4.69, 9.17) is 4.42 Å². The van der Waals surface area contributed by atoms with Gasteiger partial charge in [-0.25, -0.2) is 10.4 Å². The summed E-state index contributed by atoms with van der Waals surface area (Å²) in [5.41, 5.74) is 4.97. The molecule has 0 unspecified atom stereocenters. The second-order valence-corrected chi connectivity index (χ2v) is 4.94. The first-order valence-electron chi connectivity index (χ1n) is 6.94. The molecule has 0 fully saturated rings. The zero-order chi connectivity index (χ0) is 15.5. The fourth-order valence-electron chi connectivity index (χ4n) is 2.26. The predicted molar refractivity (Wildman–Crippen MR) is 83.5 cm³/mol. The second-order valence-electron chi connectivity index (χ2n) is 4.94. The lowest BCUT2D eigenvalue weighted by atomic mass is 10.3. The molecule has 3 rings (SSSR count). The second kappa shape index (κ2) is 5.85. The molecule has 6 heteroatoms. The topological polar surface area (TPSA) is 72.4 Å². The molecule has 0 aliphatic rings. The lowest BCUT2D eigenvalue weighted by molar-refractivity contribution is -0.121. The highest BCUT2D eigenvalue weighted by Gasteiger charge is 2.10. The van der Waals surface area contributed by atoms with Gasteiger partial charge in [-0.05, 0) is 38.1 Å². The van der Waals surface area contributed by atoms with Crippen LogP contribution in [-0.4, -0.2) is 21.2 Å². The van der Waals surface area contributed by atoms with E-state index in [1.165, 1.54) is 0 Å². The summed E-state index contributed by atoms with van der Waals surface area (Å²) < 4.78 is 7.08. The molecule has 0 saturated heterocycles. The van der Waals surface area contributed by atoms with Crippen molar-refractivity contribution in [2.45, 2.75) is 20.4 Å². The normalized spacial score (nSPS) is 11.8. The lowest BCUT2D eigenvalue weighted by Crippen LogP contribution is -2.24. The standard InChI is InChI=1S/C16H16N4O2/c1-11(15-8-5-9-22-15)18-19-16(21)10-20-12(2)17-13-6-3-4-7-14(13)20/h3-9H,10H2,1-2H3,(H,19,21)/b18-11-. The van der Waals surface area contributed by atoms with Crippen LogP contribution in [0.25, 0.3) is 11.0 Å². The van der Waals surface area contributed by atoms with Crippen LogP contribution in [0.5, 0.6) is 0 Å². The van der Waals surface area contributed by atoms with Crippen molar-refractivity contribution < 1.29 is 9.21 Å². The smallest absolute Gasteiger partial charge is 0.260 e. The van der Waals surface area contributed by atoms with Crippen molar-refractivity contribution in [3.8, 4) is 0 Å². The highest BCUT2D eigenvalue weighted by atomic mass is 16.3. The van der Waals surface area contributed by atoms with Crippen LogP contribution >= 0.6 is 0 Å². The van der Waals surface area contributed by atoms with Crippen LogP contribution in [0.2, 0.25) is 0 Å². The molecule has 2 heterocycles. The van der Waals surface area contributed by atoms with E-state index in [9.17, 15) is 4.79 Å². The Labute approximate surface area is 127 Å². The van der Waals surface area contributed by atoms with E-state index in [0.29, 0.717) is 11.5 Å². The van der Waals surface area contributed by atoms with E-state index in [1.807, 2.05) is 35.8 Å². The van der Waals surface area contributed by atoms with E-state index < -0.39 is 0 Å². The predicted octanol–water partition coefficient (Wildman–Crippen LogP) is 2.48. The molecule has 0 aliphatic heterocycles. The summed E-state index contributed by atoms with van der Waals surface area (Å²) >= 11 is 0. The van der Waals surface area contributed by atoms with Gasteiger partial charge in [0.25, 0.3) is 5.91 Å². The summed E-state index contributed by atoms with van der Waals surface area (Å²) in [6, 6.07) is 11.3. The van der Waals surface area contributed by atoms with Crippen molar-refractivity contribution in [2.75, 3.05) is 0 Å². The molecular formula is C16H16N4O2. The number of imidazole rings is 1.